The predicted octanol–water partition coefficient (Wildman–Crippen LogP) is 7.55. The molecule has 6 rings (SSSR count). The molecular weight excluding hydrogens is 548 g/mol. The van der Waals surface area contributed by atoms with E-state index in [0.717, 1.165) is 84.1 Å². The molecule has 2 aliphatic heterocycles. The summed E-state index contributed by atoms with van der Waals surface area (Å²) in [6, 6.07) is 17.1. The molecule has 2 fully saturated rings. The highest BCUT2D eigenvalue weighted by molar-refractivity contribution is 5.78. The van der Waals surface area contributed by atoms with Gasteiger partial charge in [0.15, 0.2) is 0 Å². The van der Waals surface area contributed by atoms with Crippen LogP contribution in [0, 0.1) is 11.8 Å². The molecule has 0 unspecified atom stereocenters. The van der Waals surface area contributed by atoms with Gasteiger partial charge in [0, 0.05) is 25.9 Å². The fourth-order valence-electron chi connectivity index (χ4n) is 6.62. The molecule has 0 bridgehead atoms. The van der Waals surface area contributed by atoms with E-state index in [1.807, 2.05) is 22.2 Å². The van der Waals surface area contributed by atoms with E-state index in [2.05, 4.69) is 96.2 Å². The van der Waals surface area contributed by atoms with Crippen LogP contribution < -0.4 is 0 Å². The molecule has 2 saturated heterocycles. The van der Waals surface area contributed by atoms with Crippen LogP contribution in [0.1, 0.15) is 90.0 Å². The number of H-pyrrole nitrogens is 2. The molecule has 8 heteroatoms. The number of rotatable bonds is 9. The molecule has 2 aromatic carbocycles. The Morgan fingerprint density at radius 1 is 0.659 bits per heavy atom. The minimum absolute atomic E-state index is 0.0307. The summed E-state index contributed by atoms with van der Waals surface area (Å²) < 4.78 is 0. The Hall–Kier alpha value is -4.20. The quantitative estimate of drug-likeness (QED) is 0.210. The predicted molar refractivity (Wildman–Crippen MR) is 173 cm³/mol. The summed E-state index contributed by atoms with van der Waals surface area (Å²) in [6.07, 6.45) is 8.84. The first-order chi connectivity index (χ1) is 21.3. The Labute approximate surface area is 260 Å². The van der Waals surface area contributed by atoms with Crippen molar-refractivity contribution in [3.63, 3.8) is 0 Å². The summed E-state index contributed by atoms with van der Waals surface area (Å²) in [5.41, 5.74) is 6.34. The molecule has 2 N–H and O–H groups in total. The number of hydrogen-bond acceptors (Lipinski definition) is 4. The molecular formula is C36H44N6O2. The van der Waals surface area contributed by atoms with Gasteiger partial charge in [-0.2, -0.15) is 0 Å². The van der Waals surface area contributed by atoms with Gasteiger partial charge >= 0.3 is 0 Å². The van der Waals surface area contributed by atoms with Crippen molar-refractivity contribution in [2.24, 2.45) is 11.8 Å². The Morgan fingerprint density at radius 2 is 1.02 bits per heavy atom. The maximum absolute atomic E-state index is 12.8. The fraction of sp³-hybridized carbons (Fsp3) is 0.444. The van der Waals surface area contributed by atoms with E-state index < -0.39 is 0 Å². The highest BCUT2D eigenvalue weighted by Crippen LogP contribution is 2.34. The van der Waals surface area contributed by atoms with Crippen LogP contribution in [0.25, 0.3) is 33.6 Å². The van der Waals surface area contributed by atoms with Gasteiger partial charge in [0.2, 0.25) is 11.8 Å². The van der Waals surface area contributed by atoms with Gasteiger partial charge in [0.1, 0.15) is 11.6 Å². The first-order valence-electron chi connectivity index (χ1n) is 16.2. The van der Waals surface area contributed by atoms with Crippen LogP contribution in [0.2, 0.25) is 0 Å². The fourth-order valence-corrected chi connectivity index (χ4v) is 6.62. The van der Waals surface area contributed by atoms with E-state index in [1.165, 1.54) is 0 Å². The van der Waals surface area contributed by atoms with Gasteiger partial charge in [-0.1, -0.05) is 76.2 Å². The number of likely N-dealkylation sites (tertiary alicyclic amines) is 2. The Balaban J connectivity index is 1.11. The Bertz CT molecular complexity index is 1460. The van der Waals surface area contributed by atoms with Crippen LogP contribution in [-0.2, 0) is 9.59 Å². The van der Waals surface area contributed by atoms with Gasteiger partial charge in [-0.05, 0) is 59.8 Å². The van der Waals surface area contributed by atoms with Crippen molar-refractivity contribution >= 4 is 11.8 Å². The van der Waals surface area contributed by atoms with Gasteiger partial charge < -0.3 is 19.8 Å². The maximum Gasteiger partial charge on any atom is 0.223 e. The molecule has 8 nitrogen and oxygen atoms in total. The van der Waals surface area contributed by atoms with Crippen molar-refractivity contribution in [1.29, 1.82) is 0 Å². The minimum atomic E-state index is 0.0307. The normalized spacial score (nSPS) is 18.6. The van der Waals surface area contributed by atoms with E-state index >= 15 is 0 Å². The van der Waals surface area contributed by atoms with Crippen LogP contribution >= 0.6 is 0 Å². The van der Waals surface area contributed by atoms with Gasteiger partial charge in [-0.25, -0.2) is 9.97 Å². The number of carbonyl (C=O) groups excluding carboxylic acids is 2. The second kappa shape index (κ2) is 12.8. The summed E-state index contributed by atoms with van der Waals surface area (Å²) in [5.74, 6) is 2.89. The third-order valence-corrected chi connectivity index (χ3v) is 8.86. The Kier molecular flexibility index (Phi) is 8.69. The molecule has 2 aromatic heterocycles. The van der Waals surface area contributed by atoms with Gasteiger partial charge in [-0.15, -0.1) is 0 Å². The minimum Gasteiger partial charge on any atom is -0.340 e. The van der Waals surface area contributed by atoms with E-state index in [9.17, 15) is 9.59 Å². The zero-order valence-electron chi connectivity index (χ0n) is 26.3. The lowest BCUT2D eigenvalue weighted by molar-refractivity contribution is -0.133. The molecule has 230 valence electrons. The molecule has 2 atom stereocenters. The van der Waals surface area contributed by atoms with Gasteiger partial charge in [-0.3, -0.25) is 9.59 Å². The molecule has 44 heavy (non-hydrogen) atoms. The van der Waals surface area contributed by atoms with Crippen molar-refractivity contribution in [2.45, 2.75) is 78.3 Å². The van der Waals surface area contributed by atoms with Crippen LogP contribution in [-0.4, -0.2) is 54.6 Å². The second-order valence-electron chi connectivity index (χ2n) is 13.2. The largest absolute Gasteiger partial charge is 0.340 e. The molecule has 2 aliphatic rings. The molecule has 0 radical (unpaired) electrons. The third-order valence-electron chi connectivity index (χ3n) is 8.86. The van der Waals surface area contributed by atoms with E-state index in [4.69, 9.17) is 0 Å². The van der Waals surface area contributed by atoms with E-state index in [1.54, 1.807) is 0 Å². The van der Waals surface area contributed by atoms with Gasteiger partial charge in [0.05, 0.1) is 35.9 Å². The summed E-state index contributed by atoms with van der Waals surface area (Å²) in [6.45, 7) is 9.96. The topological polar surface area (TPSA) is 98.0 Å². The van der Waals surface area contributed by atoms with Crippen molar-refractivity contribution in [2.75, 3.05) is 13.1 Å². The summed E-state index contributed by atoms with van der Waals surface area (Å²) >= 11 is 0. The molecule has 2 amide bonds. The van der Waals surface area contributed by atoms with Crippen molar-refractivity contribution < 1.29 is 9.59 Å². The molecule has 0 aliphatic carbocycles. The van der Waals surface area contributed by atoms with Crippen LogP contribution in [0.3, 0.4) is 0 Å². The van der Waals surface area contributed by atoms with E-state index in [0.29, 0.717) is 24.7 Å². The first kappa shape index (κ1) is 29.9. The van der Waals surface area contributed by atoms with Crippen LogP contribution in [0.15, 0.2) is 60.9 Å². The Morgan fingerprint density at radius 3 is 1.39 bits per heavy atom. The number of carbonyl (C=O) groups is 2. The summed E-state index contributed by atoms with van der Waals surface area (Å²) in [4.78, 5) is 45.9. The number of benzene rings is 2. The maximum atomic E-state index is 12.8. The van der Waals surface area contributed by atoms with Crippen molar-refractivity contribution in [3.8, 4) is 33.6 Å². The lowest BCUT2D eigenvalue weighted by atomic mass is 10.0. The van der Waals surface area contributed by atoms with Crippen molar-refractivity contribution in [3.05, 3.63) is 72.6 Å². The van der Waals surface area contributed by atoms with Crippen LogP contribution in [0.5, 0.6) is 0 Å². The van der Waals surface area contributed by atoms with Crippen LogP contribution in [0.4, 0.5) is 0 Å². The second-order valence-corrected chi connectivity index (χ2v) is 13.2. The monoisotopic (exact) mass is 592 g/mol. The van der Waals surface area contributed by atoms with E-state index in [-0.39, 0.29) is 23.9 Å². The summed E-state index contributed by atoms with van der Waals surface area (Å²) in [5, 5.41) is 0. The summed E-state index contributed by atoms with van der Waals surface area (Å²) in [7, 11) is 0. The average molecular weight is 593 g/mol. The van der Waals surface area contributed by atoms with Gasteiger partial charge in [0.25, 0.3) is 0 Å². The SMILES string of the molecule is CC(C)CC(=O)N1CCC[C@H]1c1ncc(-c2ccc(-c3ccc(-c4cnc([C@@H]5CCCN5C(=O)CC(C)C)[nH]4)cc3)cc2)[nH]1. The molecule has 0 saturated carbocycles. The molecule has 4 heterocycles. The number of nitrogens with zero attached hydrogens (tertiary/aromatic N) is 4. The number of aromatic amines is 2. The number of nitrogens with one attached hydrogen (secondary N) is 2. The number of aromatic nitrogens is 4. The van der Waals surface area contributed by atoms with Crippen molar-refractivity contribution in [1.82, 2.24) is 29.7 Å². The molecule has 0 spiro atoms. The number of amides is 2. The average Bonchev–Trinajstić information content (AvgIpc) is 3.83. The smallest absolute Gasteiger partial charge is 0.223 e. The lowest BCUT2D eigenvalue weighted by Crippen LogP contribution is -2.31. The lowest BCUT2D eigenvalue weighted by Gasteiger charge is -2.24. The number of imidazole rings is 2. The first-order valence-corrected chi connectivity index (χ1v) is 16.2. The standard InChI is InChI=1S/C36H44N6O2/c1-23(2)19-33(43)41-17-5-7-31(41)35-37-21-29(39-35)27-13-9-25(10-14-27)26-11-15-28(16-12-26)30-22-38-36(40-30)32-8-6-18-42(32)34(44)20-24(3)4/h9-16,21-24,31-32H,5-8,17-20H2,1-4H3,(H,37,39)(H,38,40)/t31-,32-/m0/s1. The highest BCUT2D eigenvalue weighted by atomic mass is 16.2. The zero-order chi connectivity index (χ0) is 30.8. The highest BCUT2D eigenvalue weighted by Gasteiger charge is 2.33. The number of hydrogen-bond donors (Lipinski definition) is 2. The zero-order valence-corrected chi connectivity index (χ0v) is 26.3. The molecule has 4 aromatic rings. The third kappa shape index (κ3) is 6.35.